The van der Waals surface area contributed by atoms with Crippen molar-refractivity contribution >= 4 is 42.6 Å². The third kappa shape index (κ3) is 4.91. The van der Waals surface area contributed by atoms with Gasteiger partial charge < -0.3 is 0 Å². The zero-order valence-electron chi connectivity index (χ0n) is 20.3. The number of carbonyl (C=O) groups excluding carboxylic acids is 1. The highest BCUT2D eigenvalue weighted by Gasteiger charge is 2.36. The van der Waals surface area contributed by atoms with Crippen molar-refractivity contribution in [3.05, 3.63) is 83.7 Å². The number of hydrogen-bond acceptors (Lipinski definition) is 6. The van der Waals surface area contributed by atoms with Gasteiger partial charge in [0.2, 0.25) is 15.9 Å². The third-order valence-corrected chi connectivity index (χ3v) is 9.59. The van der Waals surface area contributed by atoms with E-state index in [2.05, 4.69) is 24.9 Å². The summed E-state index contributed by atoms with van der Waals surface area (Å²) in [4.78, 5) is 24.9. The molecule has 1 aliphatic rings. The highest BCUT2D eigenvalue weighted by atomic mass is 32.2. The molecule has 1 fully saturated rings. The van der Waals surface area contributed by atoms with Crippen molar-refractivity contribution in [1.29, 1.82) is 0 Å². The lowest BCUT2D eigenvalue weighted by Gasteiger charge is -2.33. The maximum absolute atomic E-state index is 14.0. The van der Waals surface area contributed by atoms with Crippen LogP contribution < -0.4 is 4.90 Å². The first-order chi connectivity index (χ1) is 17.3. The Bertz CT molecular complexity index is 1450. The van der Waals surface area contributed by atoms with Gasteiger partial charge in [0.25, 0.3) is 0 Å². The Labute approximate surface area is 215 Å². The van der Waals surface area contributed by atoms with Crippen LogP contribution in [0.4, 0.5) is 5.13 Å². The van der Waals surface area contributed by atoms with Gasteiger partial charge in [0, 0.05) is 25.5 Å². The lowest BCUT2D eigenvalue weighted by atomic mass is 9.98. The summed E-state index contributed by atoms with van der Waals surface area (Å²) in [6.07, 6.45) is 4.70. The first-order valence-corrected chi connectivity index (χ1v) is 14.2. The Kier molecular flexibility index (Phi) is 6.87. The summed E-state index contributed by atoms with van der Waals surface area (Å²) in [6, 6.07) is 16.3. The summed E-state index contributed by atoms with van der Waals surface area (Å²) in [5, 5.41) is 0.617. The average Bonchev–Trinajstić information content (AvgIpc) is 3.30. The van der Waals surface area contributed by atoms with Crippen LogP contribution in [0.1, 0.15) is 29.5 Å². The average molecular weight is 521 g/mol. The number of fused-ring (bicyclic) bond motifs is 1. The van der Waals surface area contributed by atoms with E-state index in [0.29, 0.717) is 31.1 Å². The molecule has 0 spiro atoms. The van der Waals surface area contributed by atoms with E-state index < -0.39 is 15.9 Å². The monoisotopic (exact) mass is 520 g/mol. The second-order valence-corrected chi connectivity index (χ2v) is 12.1. The Morgan fingerprint density at radius 3 is 2.64 bits per heavy atom. The van der Waals surface area contributed by atoms with Crippen LogP contribution in [0.2, 0.25) is 0 Å². The molecule has 186 valence electrons. The quantitative estimate of drug-likeness (QED) is 0.360. The Morgan fingerprint density at radius 2 is 1.89 bits per heavy atom. The molecule has 2 aromatic heterocycles. The van der Waals surface area contributed by atoms with Crippen LogP contribution in [0.3, 0.4) is 0 Å². The Morgan fingerprint density at radius 1 is 1.11 bits per heavy atom. The van der Waals surface area contributed by atoms with E-state index in [1.165, 1.54) is 21.2 Å². The predicted molar refractivity (Wildman–Crippen MR) is 142 cm³/mol. The zero-order valence-corrected chi connectivity index (χ0v) is 21.9. The molecule has 4 aromatic rings. The van der Waals surface area contributed by atoms with E-state index in [-0.39, 0.29) is 17.3 Å². The van der Waals surface area contributed by atoms with E-state index in [1.54, 1.807) is 47.6 Å². The number of carbonyl (C=O) groups is 1. The number of nitrogens with zero attached hydrogens (tertiary/aromatic N) is 4. The highest BCUT2D eigenvalue weighted by molar-refractivity contribution is 7.89. The fourth-order valence-corrected chi connectivity index (χ4v) is 7.12. The van der Waals surface area contributed by atoms with Gasteiger partial charge in [-0.1, -0.05) is 35.6 Å². The zero-order chi connectivity index (χ0) is 25.3. The first kappa shape index (κ1) is 24.5. The molecule has 2 aromatic carbocycles. The van der Waals surface area contributed by atoms with Gasteiger partial charge in [-0.25, -0.2) is 13.4 Å². The molecule has 1 saturated heterocycles. The topological polar surface area (TPSA) is 83.5 Å². The van der Waals surface area contributed by atoms with Crippen molar-refractivity contribution in [3.63, 3.8) is 0 Å². The molecule has 5 rings (SSSR count). The van der Waals surface area contributed by atoms with Crippen molar-refractivity contribution in [2.45, 2.75) is 38.1 Å². The number of benzene rings is 2. The number of aryl methyl sites for hydroxylation is 2. The van der Waals surface area contributed by atoms with Crippen LogP contribution in [0.5, 0.6) is 0 Å². The van der Waals surface area contributed by atoms with Crippen LogP contribution in [-0.2, 0) is 21.4 Å². The fourth-order valence-electron chi connectivity index (χ4n) is 4.52. The second-order valence-electron chi connectivity index (χ2n) is 9.20. The molecule has 9 heteroatoms. The summed E-state index contributed by atoms with van der Waals surface area (Å²) in [5.41, 5.74) is 4.08. The summed E-state index contributed by atoms with van der Waals surface area (Å²) in [6.45, 7) is 5.01. The second kappa shape index (κ2) is 10.1. The maximum Gasteiger partial charge on any atom is 0.243 e. The molecule has 1 unspecified atom stereocenters. The molecule has 7 nitrogen and oxygen atoms in total. The minimum absolute atomic E-state index is 0.112. The largest absolute Gasteiger partial charge is 0.283 e. The minimum Gasteiger partial charge on any atom is -0.283 e. The van der Waals surface area contributed by atoms with Crippen LogP contribution in [0.15, 0.2) is 71.9 Å². The minimum atomic E-state index is -3.67. The molecular formula is C27H28N4O3S2. The molecule has 0 saturated carbocycles. The van der Waals surface area contributed by atoms with E-state index in [0.717, 1.165) is 21.3 Å². The van der Waals surface area contributed by atoms with E-state index in [1.807, 2.05) is 18.2 Å². The third-order valence-electron chi connectivity index (χ3n) is 6.67. The fraction of sp³-hybridized carbons (Fsp3) is 0.296. The van der Waals surface area contributed by atoms with Crippen LogP contribution >= 0.6 is 11.3 Å². The van der Waals surface area contributed by atoms with Crippen molar-refractivity contribution in [2.75, 3.05) is 18.0 Å². The van der Waals surface area contributed by atoms with Gasteiger partial charge in [-0.05, 0) is 73.7 Å². The smallest absolute Gasteiger partial charge is 0.243 e. The Hall–Kier alpha value is -3.14. The van der Waals surface area contributed by atoms with Gasteiger partial charge in [-0.3, -0.25) is 14.7 Å². The van der Waals surface area contributed by atoms with Gasteiger partial charge in [0.05, 0.1) is 27.6 Å². The number of anilines is 1. The van der Waals surface area contributed by atoms with Crippen LogP contribution in [-0.4, -0.2) is 41.7 Å². The molecule has 0 N–H and O–H groups in total. The number of hydrogen-bond donors (Lipinski definition) is 0. The van der Waals surface area contributed by atoms with Gasteiger partial charge in [0.1, 0.15) is 0 Å². The molecule has 3 heterocycles. The molecule has 1 atom stereocenters. The first-order valence-electron chi connectivity index (χ1n) is 12.0. The van der Waals surface area contributed by atoms with Gasteiger partial charge >= 0.3 is 0 Å². The summed E-state index contributed by atoms with van der Waals surface area (Å²) >= 11 is 1.48. The number of thiazole rings is 1. The van der Waals surface area contributed by atoms with Gasteiger partial charge in [-0.2, -0.15) is 4.31 Å². The number of aromatic nitrogens is 2. The van der Waals surface area contributed by atoms with Gasteiger partial charge in [0.15, 0.2) is 5.13 Å². The van der Waals surface area contributed by atoms with Crippen molar-refractivity contribution in [3.8, 4) is 0 Å². The molecule has 0 aliphatic carbocycles. The molecule has 0 bridgehead atoms. The molecule has 0 radical (unpaired) electrons. The molecular weight excluding hydrogens is 492 g/mol. The van der Waals surface area contributed by atoms with E-state index in [9.17, 15) is 13.2 Å². The van der Waals surface area contributed by atoms with Crippen molar-refractivity contribution in [2.24, 2.45) is 5.92 Å². The van der Waals surface area contributed by atoms with Crippen LogP contribution in [0, 0.1) is 19.8 Å². The number of rotatable bonds is 6. The summed E-state index contributed by atoms with van der Waals surface area (Å²) < 4.78 is 29.0. The Balaban J connectivity index is 1.47. The maximum atomic E-state index is 14.0. The number of amides is 1. The van der Waals surface area contributed by atoms with Crippen molar-refractivity contribution in [1.82, 2.24) is 14.3 Å². The lowest BCUT2D eigenvalue weighted by molar-refractivity contribution is -0.123. The standard InChI is InChI=1S/C27H28N4O3S2/c1-19-14-24-25(15-20(19)2)35-27(29-24)31(17-21-8-6-12-28-16-21)26(32)22-9-7-13-30(18-22)36(33,34)23-10-4-3-5-11-23/h3-6,8,10-12,14-16,22H,7,9,13,17-18H2,1-2H3. The number of sulfonamides is 1. The normalized spacial score (nSPS) is 16.8. The SMILES string of the molecule is Cc1cc2nc(N(Cc3cccnc3)C(=O)C3CCCN(S(=O)(=O)c4ccccc4)C3)sc2cc1C. The lowest BCUT2D eigenvalue weighted by Crippen LogP contribution is -2.46. The molecule has 1 amide bonds. The highest BCUT2D eigenvalue weighted by Crippen LogP contribution is 2.34. The van der Waals surface area contributed by atoms with Gasteiger partial charge in [-0.15, -0.1) is 0 Å². The number of piperidine rings is 1. The van der Waals surface area contributed by atoms with E-state index in [4.69, 9.17) is 4.98 Å². The van der Waals surface area contributed by atoms with Crippen LogP contribution in [0.25, 0.3) is 10.2 Å². The predicted octanol–water partition coefficient (Wildman–Crippen LogP) is 4.94. The summed E-state index contributed by atoms with van der Waals surface area (Å²) in [7, 11) is -3.67. The van der Waals surface area contributed by atoms with Crippen molar-refractivity contribution < 1.29 is 13.2 Å². The number of pyridine rings is 1. The molecule has 1 aliphatic heterocycles. The molecule has 36 heavy (non-hydrogen) atoms. The van der Waals surface area contributed by atoms with E-state index >= 15 is 0 Å². The summed E-state index contributed by atoms with van der Waals surface area (Å²) in [5.74, 6) is -0.566.